The molecule has 0 radical (unpaired) electrons. The number of para-hydroxylation sites is 2. The van der Waals surface area contributed by atoms with Crippen LogP contribution in [0.4, 0.5) is 0 Å². The van der Waals surface area contributed by atoms with Crippen LogP contribution in [0.2, 0.25) is 0 Å². The van der Waals surface area contributed by atoms with Gasteiger partial charge in [0.25, 0.3) is 0 Å². The SMILES string of the molecule is Cc1cc2c([nH]c3ccccc32)c(-c2c(O)c(C)cc3c2[nH]c2ccccc23)c1O. The molecule has 0 atom stereocenters. The van der Waals surface area contributed by atoms with Gasteiger partial charge >= 0.3 is 0 Å². The van der Waals surface area contributed by atoms with Gasteiger partial charge < -0.3 is 20.2 Å². The van der Waals surface area contributed by atoms with E-state index in [2.05, 4.69) is 22.1 Å². The molecule has 0 fully saturated rings. The van der Waals surface area contributed by atoms with E-state index in [1.165, 1.54) is 0 Å². The number of hydrogen-bond acceptors (Lipinski definition) is 2. The van der Waals surface area contributed by atoms with Gasteiger partial charge in [0.15, 0.2) is 0 Å². The first kappa shape index (κ1) is 17.0. The summed E-state index contributed by atoms with van der Waals surface area (Å²) in [5.74, 6) is 0.352. The van der Waals surface area contributed by atoms with Crippen LogP contribution in [-0.4, -0.2) is 20.2 Å². The van der Waals surface area contributed by atoms with Crippen molar-refractivity contribution in [3.8, 4) is 22.6 Å². The summed E-state index contributed by atoms with van der Waals surface area (Å²) in [4.78, 5) is 6.95. The molecule has 2 aromatic heterocycles. The number of benzene rings is 4. The number of aromatic amines is 2. The van der Waals surface area contributed by atoms with Crippen molar-refractivity contribution in [1.29, 1.82) is 0 Å². The van der Waals surface area contributed by atoms with Gasteiger partial charge in [0.1, 0.15) is 11.5 Å². The van der Waals surface area contributed by atoms with Gasteiger partial charge in [0.05, 0.1) is 22.2 Å². The summed E-state index contributed by atoms with van der Waals surface area (Å²) >= 11 is 0. The van der Waals surface area contributed by atoms with Crippen molar-refractivity contribution < 1.29 is 10.2 Å². The molecule has 0 saturated carbocycles. The predicted molar refractivity (Wildman–Crippen MR) is 123 cm³/mol. The minimum Gasteiger partial charge on any atom is -0.507 e. The van der Waals surface area contributed by atoms with Crippen molar-refractivity contribution in [2.75, 3.05) is 0 Å². The smallest absolute Gasteiger partial charge is 0.128 e. The second-order valence-electron chi connectivity index (χ2n) is 8.02. The van der Waals surface area contributed by atoms with Gasteiger partial charge in [-0.3, -0.25) is 0 Å². The Morgan fingerprint density at radius 3 is 1.40 bits per heavy atom. The first-order valence-corrected chi connectivity index (χ1v) is 10.0. The van der Waals surface area contributed by atoms with Gasteiger partial charge in [0.2, 0.25) is 0 Å². The molecule has 0 saturated heterocycles. The zero-order valence-corrected chi connectivity index (χ0v) is 16.7. The summed E-state index contributed by atoms with van der Waals surface area (Å²) < 4.78 is 0. The average Bonchev–Trinajstić information content (AvgIpc) is 3.29. The fourth-order valence-corrected chi connectivity index (χ4v) is 4.71. The number of phenolic OH excluding ortho intramolecular Hbond substituents is 2. The number of fused-ring (bicyclic) bond motifs is 6. The maximum Gasteiger partial charge on any atom is 0.128 e. The predicted octanol–water partition coefficient (Wildman–Crippen LogP) is 6.65. The van der Waals surface area contributed by atoms with Crippen LogP contribution in [0.25, 0.3) is 54.7 Å². The highest BCUT2D eigenvalue weighted by Gasteiger charge is 2.23. The van der Waals surface area contributed by atoms with Crippen molar-refractivity contribution in [2.45, 2.75) is 13.8 Å². The second kappa shape index (κ2) is 5.80. The highest BCUT2D eigenvalue weighted by atomic mass is 16.3. The molecular formula is C26H20N2O2. The largest absolute Gasteiger partial charge is 0.507 e. The van der Waals surface area contributed by atoms with Gasteiger partial charge in [-0.25, -0.2) is 0 Å². The van der Waals surface area contributed by atoms with Crippen molar-refractivity contribution in [3.63, 3.8) is 0 Å². The molecule has 4 N–H and O–H groups in total. The van der Waals surface area contributed by atoms with Crippen molar-refractivity contribution >= 4 is 43.6 Å². The number of aromatic nitrogens is 2. The lowest BCUT2D eigenvalue weighted by Crippen LogP contribution is -1.90. The normalized spacial score (nSPS) is 11.9. The maximum atomic E-state index is 11.2. The standard InChI is InChI=1S/C26H20N2O2/c1-13-11-17-15-7-3-5-9-19(15)27-23(17)21(25(13)29)22-24-18(12-14(2)26(22)30)16-8-4-6-10-20(16)28-24/h3-12,27-30H,1-2H3. The van der Waals surface area contributed by atoms with E-state index in [-0.39, 0.29) is 11.5 Å². The highest BCUT2D eigenvalue weighted by Crippen LogP contribution is 2.48. The van der Waals surface area contributed by atoms with Crippen LogP contribution < -0.4 is 0 Å². The Bertz CT molecular complexity index is 1510. The Morgan fingerprint density at radius 1 is 0.567 bits per heavy atom. The number of rotatable bonds is 1. The summed E-state index contributed by atoms with van der Waals surface area (Å²) in [6.45, 7) is 3.80. The zero-order valence-electron chi connectivity index (χ0n) is 16.7. The van der Waals surface area contributed by atoms with Crippen LogP contribution in [0.15, 0.2) is 60.7 Å². The van der Waals surface area contributed by atoms with Crippen LogP contribution in [0.1, 0.15) is 11.1 Å². The average molecular weight is 392 g/mol. The van der Waals surface area contributed by atoms with E-state index in [4.69, 9.17) is 0 Å². The van der Waals surface area contributed by atoms with E-state index >= 15 is 0 Å². The first-order chi connectivity index (χ1) is 14.5. The van der Waals surface area contributed by atoms with E-state index in [0.717, 1.165) is 54.7 Å². The topological polar surface area (TPSA) is 72.0 Å². The molecule has 30 heavy (non-hydrogen) atoms. The molecule has 4 aromatic carbocycles. The van der Waals surface area contributed by atoms with Gasteiger partial charge in [-0.2, -0.15) is 0 Å². The fraction of sp³-hybridized carbons (Fsp3) is 0.0769. The molecule has 4 heteroatoms. The van der Waals surface area contributed by atoms with Gasteiger partial charge in [-0.15, -0.1) is 0 Å². The minimum absolute atomic E-state index is 0.176. The molecule has 4 nitrogen and oxygen atoms in total. The fourth-order valence-electron chi connectivity index (χ4n) is 4.71. The van der Waals surface area contributed by atoms with E-state index in [9.17, 15) is 10.2 Å². The van der Waals surface area contributed by atoms with Gasteiger partial charge in [-0.05, 0) is 49.2 Å². The quantitative estimate of drug-likeness (QED) is 0.253. The Morgan fingerprint density at radius 2 is 0.967 bits per heavy atom. The van der Waals surface area contributed by atoms with Crippen LogP contribution in [-0.2, 0) is 0 Å². The molecule has 0 amide bonds. The third-order valence-corrected chi connectivity index (χ3v) is 6.18. The summed E-state index contributed by atoms with van der Waals surface area (Å²) in [6.07, 6.45) is 0. The molecular weight excluding hydrogens is 372 g/mol. The number of aryl methyl sites for hydroxylation is 2. The van der Waals surface area contributed by atoms with Crippen LogP contribution in [0.3, 0.4) is 0 Å². The van der Waals surface area contributed by atoms with Crippen LogP contribution in [0, 0.1) is 13.8 Å². The number of nitrogens with one attached hydrogen (secondary N) is 2. The Kier molecular flexibility index (Phi) is 3.28. The van der Waals surface area contributed by atoms with E-state index in [1.807, 2.05) is 62.4 Å². The lowest BCUT2D eigenvalue weighted by Gasteiger charge is -2.14. The van der Waals surface area contributed by atoms with Crippen molar-refractivity contribution in [3.05, 3.63) is 71.8 Å². The van der Waals surface area contributed by atoms with Gasteiger partial charge in [0, 0.05) is 32.6 Å². The molecule has 6 aromatic rings. The Labute approximate surface area is 172 Å². The molecule has 0 bridgehead atoms. The van der Waals surface area contributed by atoms with E-state index < -0.39 is 0 Å². The van der Waals surface area contributed by atoms with E-state index in [1.54, 1.807) is 0 Å². The molecule has 0 aliphatic rings. The van der Waals surface area contributed by atoms with Crippen molar-refractivity contribution in [1.82, 2.24) is 9.97 Å². The third kappa shape index (κ3) is 2.10. The highest BCUT2D eigenvalue weighted by molar-refractivity contribution is 6.19. The number of phenols is 2. The molecule has 2 heterocycles. The van der Waals surface area contributed by atoms with Crippen LogP contribution >= 0.6 is 0 Å². The summed E-state index contributed by atoms with van der Waals surface area (Å²) in [6, 6.07) is 20.2. The molecule has 6 rings (SSSR count). The molecule has 0 aliphatic heterocycles. The Hall–Kier alpha value is -3.92. The lowest BCUT2D eigenvalue weighted by molar-refractivity contribution is 0.466. The lowest BCUT2D eigenvalue weighted by atomic mass is 9.93. The van der Waals surface area contributed by atoms with Gasteiger partial charge in [-0.1, -0.05) is 36.4 Å². The third-order valence-electron chi connectivity index (χ3n) is 6.18. The number of aromatic hydroxyl groups is 2. The summed E-state index contributed by atoms with van der Waals surface area (Å²) in [5.41, 5.74) is 6.43. The molecule has 146 valence electrons. The van der Waals surface area contributed by atoms with Crippen molar-refractivity contribution in [2.24, 2.45) is 0 Å². The number of hydrogen-bond donors (Lipinski definition) is 4. The maximum absolute atomic E-state index is 11.2. The number of H-pyrrole nitrogens is 2. The summed E-state index contributed by atoms with van der Waals surface area (Å²) in [5, 5.41) is 26.6. The van der Waals surface area contributed by atoms with E-state index in [0.29, 0.717) is 11.1 Å². The van der Waals surface area contributed by atoms with Crippen LogP contribution in [0.5, 0.6) is 11.5 Å². The zero-order chi connectivity index (χ0) is 20.6. The molecule has 0 unspecified atom stereocenters. The Balaban J connectivity index is 1.87. The summed E-state index contributed by atoms with van der Waals surface area (Å²) in [7, 11) is 0. The minimum atomic E-state index is 0.176. The second-order valence-corrected chi connectivity index (χ2v) is 8.02. The molecule has 0 aliphatic carbocycles. The monoisotopic (exact) mass is 392 g/mol. The first-order valence-electron chi connectivity index (χ1n) is 10.0. The molecule has 0 spiro atoms.